The van der Waals surface area contributed by atoms with E-state index < -0.39 is 0 Å². The summed E-state index contributed by atoms with van der Waals surface area (Å²) in [4.78, 5) is 1.55. The first-order valence-electron chi connectivity index (χ1n) is 7.89. The summed E-state index contributed by atoms with van der Waals surface area (Å²) >= 11 is 0. The molecule has 2 aromatic carbocycles. The van der Waals surface area contributed by atoms with Crippen LogP contribution in [0.3, 0.4) is 0 Å². The van der Waals surface area contributed by atoms with Crippen LogP contribution < -0.4 is 4.74 Å². The molecule has 1 unspecified atom stereocenters. The molecule has 0 aliphatic carbocycles. The van der Waals surface area contributed by atoms with Gasteiger partial charge in [-0.3, -0.25) is 0 Å². The predicted octanol–water partition coefficient (Wildman–Crippen LogP) is 4.13. The predicted molar refractivity (Wildman–Crippen MR) is 88.1 cm³/mol. The zero-order valence-corrected chi connectivity index (χ0v) is 13.0. The maximum atomic E-state index is 5.93. The molecule has 2 heterocycles. The van der Waals surface area contributed by atoms with Crippen molar-refractivity contribution in [3.63, 3.8) is 0 Å². The Balaban J connectivity index is 1.64. The summed E-state index contributed by atoms with van der Waals surface area (Å²) in [5, 5.41) is 2.70. The quantitative estimate of drug-likeness (QED) is 0.794. The van der Waals surface area contributed by atoms with Crippen LogP contribution in [-0.2, 0) is 15.6 Å². The van der Waals surface area contributed by atoms with Crippen molar-refractivity contribution >= 4 is 21.7 Å². The first-order chi connectivity index (χ1) is 10.4. The molecule has 2 aliphatic heterocycles. The van der Waals surface area contributed by atoms with E-state index in [0.717, 1.165) is 25.2 Å². The van der Waals surface area contributed by atoms with Crippen molar-refractivity contribution in [1.82, 2.24) is 0 Å². The lowest BCUT2D eigenvalue weighted by Crippen LogP contribution is -2.13. The summed E-state index contributed by atoms with van der Waals surface area (Å²) in [5.74, 6) is 3.67. The van der Waals surface area contributed by atoms with E-state index in [4.69, 9.17) is 9.47 Å². The molecule has 0 spiro atoms. The third kappa shape index (κ3) is 2.77. The summed E-state index contributed by atoms with van der Waals surface area (Å²) in [6.07, 6.45) is 4.83. The number of rotatable bonds is 3. The molecule has 1 atom stereocenters. The molecule has 4 rings (SSSR count). The Kier molecular flexibility index (Phi) is 3.78. The van der Waals surface area contributed by atoms with Gasteiger partial charge in [0.2, 0.25) is 0 Å². The Labute approximate surface area is 128 Å². The van der Waals surface area contributed by atoms with Gasteiger partial charge in [0.25, 0.3) is 0 Å². The van der Waals surface area contributed by atoms with Gasteiger partial charge in [-0.2, -0.15) is 0 Å². The van der Waals surface area contributed by atoms with Crippen molar-refractivity contribution in [3.05, 3.63) is 36.4 Å². The lowest BCUT2D eigenvalue weighted by Gasteiger charge is -2.13. The van der Waals surface area contributed by atoms with Crippen molar-refractivity contribution in [1.29, 1.82) is 0 Å². The SMILES string of the molecule is c1cc([S+]2CCCC2)c2ccc(OC3CCCO3)cc2c1. The van der Waals surface area contributed by atoms with Gasteiger partial charge < -0.3 is 9.47 Å². The molecular formula is C18H21O2S+. The molecule has 0 aromatic heterocycles. The Morgan fingerprint density at radius 2 is 1.95 bits per heavy atom. The van der Waals surface area contributed by atoms with Gasteiger partial charge in [-0.05, 0) is 48.9 Å². The second-order valence-electron chi connectivity index (χ2n) is 5.81. The molecule has 0 amide bonds. The maximum Gasteiger partial charge on any atom is 0.199 e. The average molecular weight is 301 g/mol. The topological polar surface area (TPSA) is 18.5 Å². The molecule has 3 heteroatoms. The highest BCUT2D eigenvalue weighted by molar-refractivity contribution is 7.97. The van der Waals surface area contributed by atoms with Crippen LogP contribution in [0.1, 0.15) is 25.7 Å². The van der Waals surface area contributed by atoms with E-state index in [-0.39, 0.29) is 6.29 Å². The van der Waals surface area contributed by atoms with E-state index in [0.29, 0.717) is 10.9 Å². The highest BCUT2D eigenvalue weighted by atomic mass is 32.2. The highest BCUT2D eigenvalue weighted by Crippen LogP contribution is 2.32. The van der Waals surface area contributed by atoms with Gasteiger partial charge in [0, 0.05) is 22.7 Å². The van der Waals surface area contributed by atoms with E-state index in [1.54, 1.807) is 4.90 Å². The molecule has 2 nitrogen and oxygen atoms in total. The van der Waals surface area contributed by atoms with E-state index in [9.17, 15) is 0 Å². The van der Waals surface area contributed by atoms with Crippen LogP contribution >= 0.6 is 0 Å². The number of hydrogen-bond donors (Lipinski definition) is 0. The third-order valence-corrected chi connectivity index (χ3v) is 6.85. The lowest BCUT2D eigenvalue weighted by molar-refractivity contribution is -0.0389. The Hall–Kier alpha value is -1.19. The van der Waals surface area contributed by atoms with E-state index in [1.165, 1.54) is 35.1 Å². The molecule has 2 saturated heterocycles. The van der Waals surface area contributed by atoms with Crippen molar-refractivity contribution in [2.24, 2.45) is 0 Å². The smallest absolute Gasteiger partial charge is 0.199 e. The largest absolute Gasteiger partial charge is 0.465 e. The molecule has 110 valence electrons. The fourth-order valence-corrected chi connectivity index (χ4v) is 5.74. The molecule has 0 radical (unpaired) electrons. The van der Waals surface area contributed by atoms with Gasteiger partial charge >= 0.3 is 0 Å². The van der Waals surface area contributed by atoms with Crippen molar-refractivity contribution in [3.8, 4) is 5.75 Å². The van der Waals surface area contributed by atoms with Crippen molar-refractivity contribution < 1.29 is 9.47 Å². The Bertz CT molecular complexity index is 628. The van der Waals surface area contributed by atoms with Crippen LogP contribution in [0.15, 0.2) is 41.3 Å². The number of ether oxygens (including phenoxy) is 2. The normalized spacial score (nSPS) is 23.0. The second kappa shape index (κ2) is 5.90. The summed E-state index contributed by atoms with van der Waals surface area (Å²) in [6.45, 7) is 0.825. The molecule has 21 heavy (non-hydrogen) atoms. The highest BCUT2D eigenvalue weighted by Gasteiger charge is 2.28. The molecule has 0 bridgehead atoms. The van der Waals surface area contributed by atoms with Crippen LogP contribution in [0.25, 0.3) is 10.8 Å². The molecule has 2 aliphatic rings. The summed E-state index contributed by atoms with van der Waals surface area (Å²) in [5.41, 5.74) is 0. The minimum absolute atomic E-state index is 0.0534. The molecule has 2 aromatic rings. The molecular weight excluding hydrogens is 280 g/mol. The lowest BCUT2D eigenvalue weighted by atomic mass is 10.1. The Morgan fingerprint density at radius 3 is 2.76 bits per heavy atom. The van der Waals surface area contributed by atoms with Gasteiger partial charge in [-0.15, -0.1) is 0 Å². The molecule has 0 N–H and O–H groups in total. The third-order valence-electron chi connectivity index (χ3n) is 4.31. The number of hydrogen-bond acceptors (Lipinski definition) is 2. The standard InChI is InChI=1S/C18H21O2S/c1-2-12-21(11-1)17-6-3-5-14-13-15(8-9-16(14)17)20-18-7-4-10-19-18/h3,5-6,8-9,13,18H,1-2,4,7,10-12H2/q+1. The average Bonchev–Trinajstić information content (AvgIpc) is 3.19. The molecule has 0 saturated carbocycles. The second-order valence-corrected chi connectivity index (χ2v) is 8.05. The van der Waals surface area contributed by atoms with E-state index in [1.807, 2.05) is 0 Å². The minimum atomic E-state index is -0.0534. The van der Waals surface area contributed by atoms with Crippen LogP contribution in [0.5, 0.6) is 5.75 Å². The summed E-state index contributed by atoms with van der Waals surface area (Å²) in [7, 11) is 0.459. The van der Waals surface area contributed by atoms with Gasteiger partial charge in [-0.25, -0.2) is 0 Å². The van der Waals surface area contributed by atoms with Crippen LogP contribution in [0.4, 0.5) is 0 Å². The number of fused-ring (bicyclic) bond motifs is 1. The summed E-state index contributed by atoms with van der Waals surface area (Å²) in [6, 6.07) is 13.2. The van der Waals surface area contributed by atoms with E-state index >= 15 is 0 Å². The van der Waals surface area contributed by atoms with Crippen LogP contribution in [0.2, 0.25) is 0 Å². The van der Waals surface area contributed by atoms with Crippen molar-refractivity contribution in [2.45, 2.75) is 36.9 Å². The first-order valence-corrected chi connectivity index (χ1v) is 9.45. The summed E-state index contributed by atoms with van der Waals surface area (Å²) < 4.78 is 11.5. The zero-order valence-electron chi connectivity index (χ0n) is 12.2. The fourth-order valence-electron chi connectivity index (χ4n) is 3.22. The van der Waals surface area contributed by atoms with Gasteiger partial charge in [-0.1, -0.05) is 12.1 Å². The van der Waals surface area contributed by atoms with Crippen LogP contribution in [-0.4, -0.2) is 24.4 Å². The monoisotopic (exact) mass is 301 g/mol. The zero-order chi connectivity index (χ0) is 14.1. The minimum Gasteiger partial charge on any atom is -0.465 e. The van der Waals surface area contributed by atoms with Gasteiger partial charge in [0.05, 0.1) is 6.61 Å². The van der Waals surface area contributed by atoms with Gasteiger partial charge in [0.15, 0.2) is 11.2 Å². The number of benzene rings is 2. The van der Waals surface area contributed by atoms with Crippen molar-refractivity contribution in [2.75, 3.05) is 18.1 Å². The van der Waals surface area contributed by atoms with Crippen LogP contribution in [0, 0.1) is 0 Å². The maximum absolute atomic E-state index is 5.93. The van der Waals surface area contributed by atoms with Gasteiger partial charge in [0.1, 0.15) is 17.3 Å². The molecule has 2 fully saturated rings. The fraction of sp³-hybridized carbons (Fsp3) is 0.444. The first kappa shape index (κ1) is 13.5. The van der Waals surface area contributed by atoms with E-state index in [2.05, 4.69) is 36.4 Å². The Morgan fingerprint density at radius 1 is 1.05 bits per heavy atom.